The van der Waals surface area contributed by atoms with Gasteiger partial charge >= 0.3 is 0 Å². The van der Waals surface area contributed by atoms with Crippen molar-refractivity contribution in [2.75, 3.05) is 29.7 Å². The summed E-state index contributed by atoms with van der Waals surface area (Å²) in [4.78, 5) is 16.4. The standard InChI is InChI=1S/C21H22BrN5O3S/c1-3-29-17-9-14(10-24-27-21-26-18(23)12-31-21)8-15(22)20(17)30-11-19(28)25-16-7-5-4-6-13(16)2/h4-10,12H,3,11,23H2,1-2H3,(H,25,28)(H,26,27). The fourth-order valence-electron chi connectivity index (χ4n) is 2.60. The van der Waals surface area contributed by atoms with Crippen LogP contribution in [0.1, 0.15) is 18.1 Å². The summed E-state index contributed by atoms with van der Waals surface area (Å²) in [6, 6.07) is 11.2. The second-order valence-corrected chi connectivity index (χ2v) is 8.07. The number of aryl methyl sites for hydroxylation is 1. The van der Waals surface area contributed by atoms with Gasteiger partial charge in [-0.1, -0.05) is 18.2 Å². The molecular weight excluding hydrogens is 482 g/mol. The van der Waals surface area contributed by atoms with Crippen molar-refractivity contribution < 1.29 is 14.3 Å². The number of hydrogen-bond acceptors (Lipinski definition) is 8. The van der Waals surface area contributed by atoms with Crippen LogP contribution >= 0.6 is 27.3 Å². The summed E-state index contributed by atoms with van der Waals surface area (Å²) in [6.45, 7) is 4.08. The highest BCUT2D eigenvalue weighted by Gasteiger charge is 2.14. The van der Waals surface area contributed by atoms with Crippen molar-refractivity contribution in [3.8, 4) is 11.5 Å². The largest absolute Gasteiger partial charge is 0.490 e. The molecule has 31 heavy (non-hydrogen) atoms. The number of thiazole rings is 1. The van der Waals surface area contributed by atoms with E-state index >= 15 is 0 Å². The van der Waals surface area contributed by atoms with Crippen LogP contribution in [0.5, 0.6) is 11.5 Å². The van der Waals surface area contributed by atoms with Crippen molar-refractivity contribution in [3.05, 3.63) is 57.4 Å². The van der Waals surface area contributed by atoms with Gasteiger partial charge in [-0.2, -0.15) is 5.10 Å². The number of carbonyl (C=O) groups is 1. The molecule has 1 amide bonds. The van der Waals surface area contributed by atoms with Crippen molar-refractivity contribution in [3.63, 3.8) is 0 Å². The van der Waals surface area contributed by atoms with Gasteiger partial charge in [0.2, 0.25) is 5.13 Å². The van der Waals surface area contributed by atoms with Gasteiger partial charge in [-0.3, -0.25) is 10.2 Å². The Hall–Kier alpha value is -3.11. The number of benzene rings is 2. The lowest BCUT2D eigenvalue weighted by molar-refractivity contribution is -0.118. The van der Waals surface area contributed by atoms with E-state index in [4.69, 9.17) is 15.2 Å². The smallest absolute Gasteiger partial charge is 0.262 e. The van der Waals surface area contributed by atoms with E-state index in [9.17, 15) is 4.79 Å². The van der Waals surface area contributed by atoms with E-state index in [0.29, 0.717) is 33.5 Å². The average molecular weight is 504 g/mol. The number of amides is 1. The molecule has 3 rings (SSSR count). The molecule has 162 valence electrons. The van der Waals surface area contributed by atoms with Crippen LogP contribution in [-0.4, -0.2) is 30.3 Å². The summed E-state index contributed by atoms with van der Waals surface area (Å²) >= 11 is 4.85. The number of carbonyl (C=O) groups excluding carboxylic acids is 1. The molecule has 0 bridgehead atoms. The Kier molecular flexibility index (Phi) is 7.85. The Morgan fingerprint density at radius 1 is 1.32 bits per heavy atom. The van der Waals surface area contributed by atoms with E-state index in [0.717, 1.165) is 16.8 Å². The first-order chi connectivity index (χ1) is 15.0. The molecule has 3 aromatic rings. The van der Waals surface area contributed by atoms with E-state index in [1.165, 1.54) is 11.3 Å². The molecular formula is C21H22BrN5O3S. The summed E-state index contributed by atoms with van der Waals surface area (Å²) in [5, 5.41) is 9.33. The molecule has 0 unspecified atom stereocenters. The molecule has 0 fully saturated rings. The quantitative estimate of drug-likeness (QED) is 0.289. The number of hydrogen-bond donors (Lipinski definition) is 3. The second kappa shape index (κ2) is 10.8. The van der Waals surface area contributed by atoms with Crippen molar-refractivity contribution in [1.29, 1.82) is 0 Å². The zero-order chi connectivity index (χ0) is 22.2. The number of nitrogens with zero attached hydrogens (tertiary/aromatic N) is 2. The number of nitrogens with one attached hydrogen (secondary N) is 2. The van der Waals surface area contributed by atoms with Crippen LogP contribution in [-0.2, 0) is 4.79 Å². The topological polar surface area (TPSA) is 111 Å². The molecule has 8 nitrogen and oxygen atoms in total. The Balaban J connectivity index is 1.68. The monoisotopic (exact) mass is 503 g/mol. The molecule has 0 aliphatic carbocycles. The number of nitrogens with two attached hydrogens (primary N) is 1. The first kappa shape index (κ1) is 22.6. The lowest BCUT2D eigenvalue weighted by Crippen LogP contribution is -2.21. The van der Waals surface area contributed by atoms with Gasteiger partial charge in [-0.25, -0.2) is 4.98 Å². The van der Waals surface area contributed by atoms with Crippen LogP contribution < -0.4 is 25.9 Å². The summed E-state index contributed by atoms with van der Waals surface area (Å²) in [7, 11) is 0. The number of hydrazone groups is 1. The van der Waals surface area contributed by atoms with E-state index in [1.54, 1.807) is 17.7 Å². The van der Waals surface area contributed by atoms with Crippen LogP contribution in [0, 0.1) is 6.92 Å². The molecule has 0 saturated heterocycles. The Morgan fingerprint density at radius 2 is 2.13 bits per heavy atom. The summed E-state index contributed by atoms with van der Waals surface area (Å²) < 4.78 is 12.1. The van der Waals surface area contributed by atoms with Crippen LogP contribution in [0.4, 0.5) is 16.6 Å². The molecule has 1 heterocycles. The predicted molar refractivity (Wildman–Crippen MR) is 128 cm³/mol. The van der Waals surface area contributed by atoms with Crippen molar-refractivity contribution in [1.82, 2.24) is 4.98 Å². The van der Waals surface area contributed by atoms with Gasteiger partial charge in [0, 0.05) is 11.1 Å². The number of halogens is 1. The molecule has 2 aromatic carbocycles. The summed E-state index contributed by atoms with van der Waals surface area (Å²) in [6.07, 6.45) is 1.62. The molecule has 0 atom stereocenters. The van der Waals surface area contributed by atoms with Crippen molar-refractivity contribution in [2.24, 2.45) is 5.10 Å². The van der Waals surface area contributed by atoms with E-state index < -0.39 is 0 Å². The van der Waals surface area contributed by atoms with Crippen LogP contribution in [0.25, 0.3) is 0 Å². The lowest BCUT2D eigenvalue weighted by atomic mass is 10.2. The average Bonchev–Trinajstić information content (AvgIpc) is 3.14. The van der Waals surface area contributed by atoms with E-state index in [1.807, 2.05) is 44.2 Å². The highest BCUT2D eigenvalue weighted by atomic mass is 79.9. The Labute approximate surface area is 192 Å². The van der Waals surface area contributed by atoms with Gasteiger partial charge in [0.15, 0.2) is 18.1 Å². The Morgan fingerprint density at radius 3 is 2.84 bits per heavy atom. The van der Waals surface area contributed by atoms with Crippen molar-refractivity contribution in [2.45, 2.75) is 13.8 Å². The summed E-state index contributed by atoms with van der Waals surface area (Å²) in [5.74, 6) is 1.12. The minimum Gasteiger partial charge on any atom is -0.490 e. The van der Waals surface area contributed by atoms with Gasteiger partial charge in [0.25, 0.3) is 5.91 Å². The first-order valence-corrected chi connectivity index (χ1v) is 11.1. The number of anilines is 3. The molecule has 0 aliphatic rings. The lowest BCUT2D eigenvalue weighted by Gasteiger charge is -2.15. The normalized spacial score (nSPS) is 10.8. The van der Waals surface area contributed by atoms with Gasteiger partial charge in [-0.15, -0.1) is 11.3 Å². The van der Waals surface area contributed by atoms with Gasteiger partial charge in [-0.05, 0) is 59.1 Å². The predicted octanol–water partition coefficient (Wildman–Crippen LogP) is 4.66. The van der Waals surface area contributed by atoms with E-state index in [-0.39, 0.29) is 12.5 Å². The highest BCUT2D eigenvalue weighted by Crippen LogP contribution is 2.36. The zero-order valence-electron chi connectivity index (χ0n) is 17.0. The van der Waals surface area contributed by atoms with Gasteiger partial charge < -0.3 is 20.5 Å². The zero-order valence-corrected chi connectivity index (χ0v) is 19.4. The summed E-state index contributed by atoms with van der Waals surface area (Å²) in [5.41, 5.74) is 10.9. The maximum absolute atomic E-state index is 12.3. The number of rotatable bonds is 9. The third-order valence-electron chi connectivity index (χ3n) is 3.99. The highest BCUT2D eigenvalue weighted by molar-refractivity contribution is 9.10. The second-order valence-electron chi connectivity index (χ2n) is 6.36. The number of para-hydroxylation sites is 1. The number of ether oxygens (including phenoxy) is 2. The molecule has 0 aliphatic heterocycles. The van der Waals surface area contributed by atoms with Crippen molar-refractivity contribution >= 4 is 56.0 Å². The maximum atomic E-state index is 12.3. The fraction of sp³-hybridized carbons (Fsp3) is 0.190. The molecule has 4 N–H and O–H groups in total. The first-order valence-electron chi connectivity index (χ1n) is 9.41. The third kappa shape index (κ3) is 6.43. The molecule has 1 aromatic heterocycles. The molecule has 0 radical (unpaired) electrons. The van der Waals surface area contributed by atoms with Crippen LogP contribution in [0.15, 0.2) is 51.4 Å². The fourth-order valence-corrected chi connectivity index (χ4v) is 3.72. The maximum Gasteiger partial charge on any atom is 0.262 e. The minimum absolute atomic E-state index is 0.159. The Bertz CT molecular complexity index is 1090. The molecule has 10 heteroatoms. The number of aromatic nitrogens is 1. The van der Waals surface area contributed by atoms with E-state index in [2.05, 4.69) is 36.8 Å². The molecule has 0 saturated carbocycles. The minimum atomic E-state index is -0.263. The third-order valence-corrected chi connectivity index (χ3v) is 5.35. The van der Waals surface area contributed by atoms with Crippen LogP contribution in [0.3, 0.4) is 0 Å². The molecule has 0 spiro atoms. The van der Waals surface area contributed by atoms with Gasteiger partial charge in [0.1, 0.15) is 5.82 Å². The van der Waals surface area contributed by atoms with Gasteiger partial charge in [0.05, 0.1) is 17.3 Å². The number of nitrogen functional groups attached to an aromatic ring is 1. The SMILES string of the molecule is CCOc1cc(C=NNc2nc(N)cs2)cc(Br)c1OCC(=O)Nc1ccccc1C. The van der Waals surface area contributed by atoms with Crippen LogP contribution in [0.2, 0.25) is 0 Å².